The SMILES string of the molecule is O=C([O-])C1=CC=C[I-]N1.[Na+]. The number of carboxylic acid groups (broad SMARTS) is 1. The van der Waals surface area contributed by atoms with E-state index in [-0.39, 0.29) is 56.7 Å². The van der Waals surface area contributed by atoms with Crippen LogP contribution >= 0.6 is 0 Å². The van der Waals surface area contributed by atoms with Crippen LogP contribution in [-0.2, 0) is 4.79 Å². The molecule has 0 saturated heterocycles. The topological polar surface area (TPSA) is 52.2 Å². The van der Waals surface area contributed by atoms with E-state index >= 15 is 0 Å². The molecule has 0 aromatic carbocycles. The minimum atomic E-state index is -1.13. The van der Waals surface area contributed by atoms with E-state index in [1.54, 1.807) is 6.08 Å². The normalized spacial score (nSPS) is 15.4. The van der Waals surface area contributed by atoms with Crippen molar-refractivity contribution in [1.82, 2.24) is 3.53 Å². The van der Waals surface area contributed by atoms with Gasteiger partial charge in [-0.25, -0.2) is 0 Å². The van der Waals surface area contributed by atoms with Crippen molar-refractivity contribution >= 4 is 5.97 Å². The third kappa shape index (κ3) is 3.05. The Morgan fingerprint density at radius 3 is 2.70 bits per heavy atom. The fourth-order valence-electron chi connectivity index (χ4n) is 0.397. The summed E-state index contributed by atoms with van der Waals surface area (Å²) in [4.78, 5) is 10.1. The zero-order chi connectivity index (χ0) is 6.69. The summed E-state index contributed by atoms with van der Waals surface area (Å²) in [5, 5.41) is 10.1. The average Bonchev–Trinajstić information content (AvgIpc) is 1.90. The summed E-state index contributed by atoms with van der Waals surface area (Å²) in [7, 11) is 0. The molecule has 0 aliphatic carbocycles. The van der Waals surface area contributed by atoms with Gasteiger partial charge in [0.2, 0.25) is 0 Å². The summed E-state index contributed by atoms with van der Waals surface area (Å²) < 4.78 is 4.68. The molecule has 10 heavy (non-hydrogen) atoms. The Bertz CT molecular complexity index is 190. The number of carbonyl (C=O) groups excluding carboxylic acids is 1. The second kappa shape index (κ2) is 5.17. The molecule has 0 spiro atoms. The van der Waals surface area contributed by atoms with E-state index in [4.69, 9.17) is 0 Å². The van der Waals surface area contributed by atoms with Gasteiger partial charge in [-0.2, -0.15) is 0 Å². The molecule has 0 aromatic heterocycles. The first-order valence-electron chi connectivity index (χ1n) is 2.27. The molecule has 0 radical (unpaired) electrons. The molecule has 1 heterocycles. The van der Waals surface area contributed by atoms with E-state index in [1.165, 1.54) is 6.08 Å². The standard InChI is InChI=1S/C5H5INO2.Na/c8-5(9)4-2-1-3-6-7-4;/h1-3,7H,(H,8,9);/q-1;+1/p-1. The first-order chi connectivity index (χ1) is 4.30. The van der Waals surface area contributed by atoms with Crippen molar-refractivity contribution in [3.8, 4) is 0 Å². The van der Waals surface area contributed by atoms with Crippen molar-refractivity contribution in [3.63, 3.8) is 0 Å². The largest absolute Gasteiger partial charge is 1.00 e. The number of halogens is 1. The molecule has 0 atom stereocenters. The molecule has 0 amide bonds. The molecule has 1 aliphatic heterocycles. The summed E-state index contributed by atoms with van der Waals surface area (Å²) in [5.74, 6) is -1.13. The third-order valence-electron chi connectivity index (χ3n) is 0.775. The van der Waals surface area contributed by atoms with Gasteiger partial charge in [-0.3, -0.25) is 0 Å². The van der Waals surface area contributed by atoms with E-state index in [1.807, 2.05) is 4.08 Å². The molecule has 0 bridgehead atoms. The molecule has 1 aliphatic rings. The molecule has 1 N–H and O–H groups in total. The van der Waals surface area contributed by atoms with Crippen LogP contribution in [0.15, 0.2) is 21.9 Å². The smallest absolute Gasteiger partial charge is 1.00 e. The summed E-state index contributed by atoms with van der Waals surface area (Å²) in [5.41, 5.74) is 0.199. The second-order valence-electron chi connectivity index (χ2n) is 1.39. The van der Waals surface area contributed by atoms with E-state index in [9.17, 15) is 9.90 Å². The Morgan fingerprint density at radius 2 is 2.40 bits per heavy atom. The number of carboxylic acids is 1. The number of hydrogen-bond donors (Lipinski definition) is 1. The van der Waals surface area contributed by atoms with Crippen molar-refractivity contribution in [2.45, 2.75) is 0 Å². The Labute approximate surface area is 91.5 Å². The van der Waals surface area contributed by atoms with Crippen molar-refractivity contribution in [3.05, 3.63) is 21.9 Å². The van der Waals surface area contributed by atoms with Crippen LogP contribution in [0, 0.1) is 0 Å². The molecule has 5 heteroatoms. The van der Waals surface area contributed by atoms with Gasteiger partial charge < -0.3 is 0 Å². The van der Waals surface area contributed by atoms with E-state index in [2.05, 4.69) is 3.53 Å². The van der Waals surface area contributed by atoms with Gasteiger partial charge in [0.05, 0.1) is 0 Å². The van der Waals surface area contributed by atoms with Crippen LogP contribution in [0.3, 0.4) is 0 Å². The number of aliphatic carboxylic acids is 1. The van der Waals surface area contributed by atoms with Gasteiger partial charge >= 0.3 is 92.4 Å². The monoisotopic (exact) mass is 260 g/mol. The van der Waals surface area contributed by atoms with Crippen LogP contribution in [0.25, 0.3) is 0 Å². The fourth-order valence-corrected chi connectivity index (χ4v) is 1.73. The molecule has 0 aromatic rings. The van der Waals surface area contributed by atoms with Gasteiger partial charge in [0.15, 0.2) is 0 Å². The molecular formula is C5H4INNaO2-. The molecule has 0 unspecified atom stereocenters. The first kappa shape index (κ1) is 10.5. The summed E-state index contributed by atoms with van der Waals surface area (Å²) in [6.07, 6.45) is 3.23. The minimum absolute atomic E-state index is 0. The van der Waals surface area contributed by atoms with Crippen molar-refractivity contribution < 1.29 is 60.9 Å². The van der Waals surface area contributed by atoms with Gasteiger partial charge in [0, 0.05) is 0 Å². The average molecular weight is 260 g/mol. The first-order valence-corrected chi connectivity index (χ1v) is 4.60. The van der Waals surface area contributed by atoms with Crippen LogP contribution in [0.1, 0.15) is 0 Å². The maximum absolute atomic E-state index is 10.1. The van der Waals surface area contributed by atoms with E-state index < -0.39 is 5.97 Å². The predicted molar refractivity (Wildman–Crippen MR) is 25.4 cm³/mol. The molecule has 50 valence electrons. The van der Waals surface area contributed by atoms with E-state index in [0.717, 1.165) is 0 Å². The Morgan fingerprint density at radius 1 is 1.70 bits per heavy atom. The Kier molecular flexibility index (Phi) is 5.42. The number of carbonyl (C=O) groups is 1. The Hall–Kier alpha value is 0.480. The summed E-state index contributed by atoms with van der Waals surface area (Å²) >= 11 is -0.279. The summed E-state index contributed by atoms with van der Waals surface area (Å²) in [6.45, 7) is 0. The molecule has 0 fully saturated rings. The van der Waals surface area contributed by atoms with Crippen molar-refractivity contribution in [1.29, 1.82) is 0 Å². The number of allylic oxidation sites excluding steroid dienone is 2. The van der Waals surface area contributed by atoms with Crippen molar-refractivity contribution in [2.75, 3.05) is 0 Å². The van der Waals surface area contributed by atoms with E-state index in [0.29, 0.717) is 0 Å². The van der Waals surface area contributed by atoms with Gasteiger partial charge in [-0.15, -0.1) is 0 Å². The predicted octanol–water partition coefficient (Wildman–Crippen LogP) is -7.25. The second-order valence-corrected chi connectivity index (χ2v) is 3.27. The third-order valence-corrected chi connectivity index (χ3v) is 2.44. The number of hydrogen-bond acceptors (Lipinski definition) is 3. The summed E-state index contributed by atoms with van der Waals surface area (Å²) in [6, 6.07) is 0. The van der Waals surface area contributed by atoms with Gasteiger partial charge in [-0.05, 0) is 0 Å². The Balaban J connectivity index is 0.000000810. The zero-order valence-corrected chi connectivity index (χ0v) is 9.58. The number of nitrogens with one attached hydrogen (secondary N) is 1. The minimum Gasteiger partial charge on any atom is 1.00 e. The maximum atomic E-state index is 10.1. The zero-order valence-electron chi connectivity index (χ0n) is 5.43. The van der Waals surface area contributed by atoms with Gasteiger partial charge in [0.1, 0.15) is 0 Å². The van der Waals surface area contributed by atoms with Crippen LogP contribution in [0.4, 0.5) is 0 Å². The van der Waals surface area contributed by atoms with Crippen LogP contribution in [0.5, 0.6) is 0 Å². The molecule has 3 nitrogen and oxygen atoms in total. The van der Waals surface area contributed by atoms with Crippen LogP contribution < -0.4 is 59.7 Å². The fraction of sp³-hybridized carbons (Fsp3) is 0. The maximum Gasteiger partial charge on any atom is 1.00 e. The molecule has 0 saturated carbocycles. The van der Waals surface area contributed by atoms with Crippen LogP contribution in [-0.4, -0.2) is 5.97 Å². The number of rotatable bonds is 1. The molecular weight excluding hydrogens is 256 g/mol. The van der Waals surface area contributed by atoms with Crippen LogP contribution in [0.2, 0.25) is 0 Å². The van der Waals surface area contributed by atoms with Gasteiger partial charge in [-0.1, -0.05) is 0 Å². The quantitative estimate of drug-likeness (QED) is 0.289. The molecule has 1 rings (SSSR count). The van der Waals surface area contributed by atoms with Gasteiger partial charge in [0.25, 0.3) is 0 Å². The van der Waals surface area contributed by atoms with Crippen molar-refractivity contribution in [2.24, 2.45) is 0 Å².